The van der Waals surface area contributed by atoms with Crippen LogP contribution < -0.4 is 5.48 Å². The van der Waals surface area contributed by atoms with Crippen molar-refractivity contribution in [3.05, 3.63) is 0 Å². The van der Waals surface area contributed by atoms with Gasteiger partial charge < -0.3 is 4.90 Å². The van der Waals surface area contributed by atoms with Crippen LogP contribution in [0.2, 0.25) is 0 Å². The zero-order valence-corrected chi connectivity index (χ0v) is 7.95. The maximum atomic E-state index is 11.5. The number of hydrogen-bond acceptors (Lipinski definition) is 2. The summed E-state index contributed by atoms with van der Waals surface area (Å²) in [6.45, 7) is 3.27. The number of urea groups is 1. The van der Waals surface area contributed by atoms with Gasteiger partial charge in [0.05, 0.1) is 6.61 Å². The molecule has 0 bridgehead atoms. The number of nitrogens with one attached hydrogen (secondary N) is 1. The van der Waals surface area contributed by atoms with Gasteiger partial charge in [0.15, 0.2) is 0 Å². The van der Waals surface area contributed by atoms with Crippen LogP contribution >= 0.6 is 0 Å². The van der Waals surface area contributed by atoms with Crippen LogP contribution in [-0.2, 0) is 4.84 Å². The zero-order chi connectivity index (χ0) is 9.26. The summed E-state index contributed by atoms with van der Waals surface area (Å²) in [5.41, 5.74) is 2.45. The molecule has 13 heavy (non-hydrogen) atoms. The molecular formula is C9H16N2O2. The van der Waals surface area contributed by atoms with Crippen LogP contribution in [0.25, 0.3) is 0 Å². The normalized spacial score (nSPS) is 31.0. The first-order valence-corrected chi connectivity index (χ1v) is 5.01. The first-order chi connectivity index (χ1) is 6.33. The average molecular weight is 184 g/mol. The van der Waals surface area contributed by atoms with E-state index in [1.54, 1.807) is 0 Å². The highest BCUT2D eigenvalue weighted by molar-refractivity contribution is 5.74. The van der Waals surface area contributed by atoms with Gasteiger partial charge in [0.1, 0.15) is 0 Å². The number of rotatable bonds is 2. The molecule has 2 rings (SSSR count). The minimum Gasteiger partial charge on any atom is -0.320 e. The molecule has 2 amide bonds. The number of carbonyl (C=O) groups is 1. The molecule has 2 atom stereocenters. The number of carbonyl (C=O) groups excluding carboxylic acids is 1. The van der Waals surface area contributed by atoms with Crippen LogP contribution in [0.1, 0.15) is 26.2 Å². The minimum absolute atomic E-state index is 0.0611. The Kier molecular flexibility index (Phi) is 2.40. The molecule has 74 valence electrons. The van der Waals surface area contributed by atoms with Crippen molar-refractivity contribution < 1.29 is 9.63 Å². The molecule has 0 radical (unpaired) electrons. The summed E-state index contributed by atoms with van der Waals surface area (Å²) in [4.78, 5) is 18.3. The molecule has 1 aliphatic heterocycles. The third-order valence-corrected chi connectivity index (χ3v) is 2.82. The standard InChI is InChI=1S/C9H16N2O2/c1-2-13-10-9(12)11-5-3-4-7-6-8(7)11/h7-8H,2-6H2,1H3,(H,10,12)/t7-,8+/m1/s1. The molecule has 2 aliphatic rings. The molecule has 1 saturated carbocycles. The van der Waals surface area contributed by atoms with Crippen LogP contribution in [0.5, 0.6) is 0 Å². The summed E-state index contributed by atoms with van der Waals surface area (Å²) in [6, 6.07) is 0.447. The third-order valence-electron chi connectivity index (χ3n) is 2.82. The van der Waals surface area contributed by atoms with E-state index in [1.165, 1.54) is 12.8 Å². The lowest BCUT2D eigenvalue weighted by atomic mass is 10.1. The Bertz CT molecular complexity index is 208. The lowest BCUT2D eigenvalue weighted by Crippen LogP contribution is -2.44. The van der Waals surface area contributed by atoms with E-state index in [1.807, 2.05) is 11.8 Å². The Balaban J connectivity index is 1.82. The van der Waals surface area contributed by atoms with E-state index in [0.717, 1.165) is 18.9 Å². The van der Waals surface area contributed by atoms with E-state index in [4.69, 9.17) is 4.84 Å². The Morgan fingerprint density at radius 3 is 3.31 bits per heavy atom. The van der Waals surface area contributed by atoms with Crippen molar-refractivity contribution in [2.24, 2.45) is 5.92 Å². The fourth-order valence-corrected chi connectivity index (χ4v) is 2.06. The Morgan fingerprint density at radius 2 is 2.54 bits per heavy atom. The Morgan fingerprint density at radius 1 is 1.69 bits per heavy atom. The molecular weight excluding hydrogens is 168 g/mol. The molecule has 0 unspecified atom stereocenters. The van der Waals surface area contributed by atoms with Gasteiger partial charge in [0, 0.05) is 12.6 Å². The maximum Gasteiger partial charge on any atom is 0.341 e. The van der Waals surface area contributed by atoms with Crippen molar-refractivity contribution in [3.63, 3.8) is 0 Å². The zero-order valence-electron chi connectivity index (χ0n) is 7.95. The molecule has 1 saturated heterocycles. The fourth-order valence-electron chi connectivity index (χ4n) is 2.06. The largest absolute Gasteiger partial charge is 0.341 e. The lowest BCUT2D eigenvalue weighted by Gasteiger charge is -2.26. The van der Waals surface area contributed by atoms with Crippen LogP contribution in [0.15, 0.2) is 0 Å². The second-order valence-electron chi connectivity index (χ2n) is 3.74. The second kappa shape index (κ2) is 3.54. The third kappa shape index (κ3) is 1.77. The quantitative estimate of drug-likeness (QED) is 0.654. The predicted molar refractivity (Wildman–Crippen MR) is 48.0 cm³/mol. The molecule has 4 nitrogen and oxygen atoms in total. The molecule has 0 aromatic rings. The van der Waals surface area contributed by atoms with Crippen molar-refractivity contribution in [1.82, 2.24) is 10.4 Å². The van der Waals surface area contributed by atoms with Gasteiger partial charge in [-0.05, 0) is 32.1 Å². The van der Waals surface area contributed by atoms with E-state index in [0.29, 0.717) is 12.6 Å². The van der Waals surface area contributed by atoms with E-state index in [-0.39, 0.29) is 6.03 Å². The molecule has 4 heteroatoms. The van der Waals surface area contributed by atoms with Crippen molar-refractivity contribution in [2.45, 2.75) is 32.2 Å². The van der Waals surface area contributed by atoms with E-state index < -0.39 is 0 Å². The summed E-state index contributed by atoms with van der Waals surface area (Å²) >= 11 is 0. The number of piperidine rings is 1. The second-order valence-corrected chi connectivity index (χ2v) is 3.74. The van der Waals surface area contributed by atoms with Crippen molar-refractivity contribution >= 4 is 6.03 Å². The number of likely N-dealkylation sites (tertiary alicyclic amines) is 1. The first kappa shape index (κ1) is 8.81. The first-order valence-electron chi connectivity index (χ1n) is 5.01. The Hall–Kier alpha value is -0.770. The molecule has 0 aromatic carbocycles. The highest BCUT2D eigenvalue weighted by Gasteiger charge is 2.46. The molecule has 2 fully saturated rings. The van der Waals surface area contributed by atoms with Gasteiger partial charge in [-0.25, -0.2) is 10.3 Å². The highest BCUT2D eigenvalue weighted by Crippen LogP contribution is 2.42. The lowest BCUT2D eigenvalue weighted by molar-refractivity contribution is 0.0519. The summed E-state index contributed by atoms with van der Waals surface area (Å²) in [7, 11) is 0. The summed E-state index contributed by atoms with van der Waals surface area (Å²) in [5, 5.41) is 0. The monoisotopic (exact) mass is 184 g/mol. The topological polar surface area (TPSA) is 41.6 Å². The molecule has 1 heterocycles. The van der Waals surface area contributed by atoms with Crippen LogP contribution in [0, 0.1) is 5.92 Å². The number of fused-ring (bicyclic) bond motifs is 1. The van der Waals surface area contributed by atoms with Gasteiger partial charge in [-0.2, -0.15) is 0 Å². The van der Waals surface area contributed by atoms with Crippen molar-refractivity contribution in [3.8, 4) is 0 Å². The van der Waals surface area contributed by atoms with Crippen LogP contribution in [0.3, 0.4) is 0 Å². The number of hydroxylamine groups is 1. The predicted octanol–water partition coefficient (Wildman–Crippen LogP) is 1.13. The van der Waals surface area contributed by atoms with Gasteiger partial charge in [-0.1, -0.05) is 0 Å². The number of nitrogens with zero attached hydrogens (tertiary/aromatic N) is 1. The van der Waals surface area contributed by atoms with E-state index in [2.05, 4.69) is 5.48 Å². The fraction of sp³-hybridized carbons (Fsp3) is 0.889. The molecule has 0 spiro atoms. The molecule has 1 aliphatic carbocycles. The van der Waals surface area contributed by atoms with E-state index in [9.17, 15) is 4.79 Å². The van der Waals surface area contributed by atoms with Crippen LogP contribution in [0.4, 0.5) is 4.79 Å². The molecule has 0 aromatic heterocycles. The SMILES string of the molecule is CCONC(=O)N1CCC[C@@H]2C[C@@H]21. The molecule has 1 N–H and O–H groups in total. The summed E-state index contributed by atoms with van der Waals surface area (Å²) in [5.74, 6) is 0.779. The van der Waals surface area contributed by atoms with Gasteiger partial charge in [0.2, 0.25) is 0 Å². The number of amides is 2. The van der Waals surface area contributed by atoms with Crippen molar-refractivity contribution in [1.29, 1.82) is 0 Å². The van der Waals surface area contributed by atoms with Gasteiger partial charge in [-0.3, -0.25) is 4.84 Å². The smallest absolute Gasteiger partial charge is 0.320 e. The van der Waals surface area contributed by atoms with E-state index >= 15 is 0 Å². The highest BCUT2D eigenvalue weighted by atomic mass is 16.7. The van der Waals surface area contributed by atoms with Gasteiger partial charge >= 0.3 is 6.03 Å². The average Bonchev–Trinajstić information content (AvgIpc) is 2.92. The van der Waals surface area contributed by atoms with Crippen LogP contribution in [-0.4, -0.2) is 30.1 Å². The minimum atomic E-state index is -0.0611. The summed E-state index contributed by atoms with van der Waals surface area (Å²) < 4.78 is 0. The summed E-state index contributed by atoms with van der Waals surface area (Å²) in [6.07, 6.45) is 3.63. The van der Waals surface area contributed by atoms with Gasteiger partial charge in [-0.15, -0.1) is 0 Å². The number of hydrogen-bond donors (Lipinski definition) is 1. The Labute approximate surface area is 78.2 Å². The maximum absolute atomic E-state index is 11.5. The van der Waals surface area contributed by atoms with Gasteiger partial charge in [0.25, 0.3) is 0 Å². The van der Waals surface area contributed by atoms with Crippen molar-refractivity contribution in [2.75, 3.05) is 13.2 Å².